The average molecular weight is 322 g/mol. The molecule has 0 radical (unpaired) electrons. The number of hydrogen-bond acceptors (Lipinski definition) is 3. The van der Waals surface area contributed by atoms with E-state index in [2.05, 4.69) is 37.3 Å². The highest BCUT2D eigenvalue weighted by molar-refractivity contribution is 9.10. The second kappa shape index (κ2) is 5.75. The van der Waals surface area contributed by atoms with Crippen LogP contribution in [0.25, 0.3) is 0 Å². The minimum absolute atomic E-state index is 0.358. The van der Waals surface area contributed by atoms with Crippen molar-refractivity contribution in [2.75, 3.05) is 13.2 Å². The summed E-state index contributed by atoms with van der Waals surface area (Å²) in [6.07, 6.45) is 5.56. The van der Waals surface area contributed by atoms with Crippen LogP contribution in [0.15, 0.2) is 35.1 Å². The van der Waals surface area contributed by atoms with E-state index < -0.39 is 0 Å². The van der Waals surface area contributed by atoms with Gasteiger partial charge in [-0.15, -0.1) is 0 Å². The second-order valence-electron chi connectivity index (χ2n) is 4.61. The van der Waals surface area contributed by atoms with E-state index in [1.807, 2.05) is 18.3 Å². The number of nitrogens with one attached hydrogen (secondary N) is 2. The molecule has 0 spiro atoms. The summed E-state index contributed by atoms with van der Waals surface area (Å²) in [7, 11) is 0. The van der Waals surface area contributed by atoms with Gasteiger partial charge in [-0.2, -0.15) is 0 Å². The van der Waals surface area contributed by atoms with Gasteiger partial charge in [-0.1, -0.05) is 15.9 Å². The van der Waals surface area contributed by atoms with Gasteiger partial charge >= 0.3 is 0 Å². The second-order valence-corrected chi connectivity index (χ2v) is 5.53. The number of benzene rings is 1. The number of hydrogen-bond donors (Lipinski definition) is 2. The van der Waals surface area contributed by atoms with Gasteiger partial charge in [0.2, 0.25) is 0 Å². The summed E-state index contributed by atoms with van der Waals surface area (Å²) in [4.78, 5) is 7.35. The van der Waals surface area contributed by atoms with Gasteiger partial charge in [-0.25, -0.2) is 4.98 Å². The van der Waals surface area contributed by atoms with Crippen molar-refractivity contribution in [3.05, 3.63) is 46.5 Å². The van der Waals surface area contributed by atoms with Gasteiger partial charge in [-0.3, -0.25) is 0 Å². The van der Waals surface area contributed by atoms with E-state index in [1.54, 1.807) is 6.20 Å². The summed E-state index contributed by atoms with van der Waals surface area (Å²) in [5, 5.41) is 3.58. The van der Waals surface area contributed by atoms with Gasteiger partial charge in [0.05, 0.1) is 6.61 Å². The summed E-state index contributed by atoms with van der Waals surface area (Å²) in [5.41, 5.74) is 1.24. The molecule has 0 saturated carbocycles. The molecule has 3 rings (SSSR count). The molecule has 19 heavy (non-hydrogen) atoms. The number of H-pyrrole nitrogens is 1. The van der Waals surface area contributed by atoms with Gasteiger partial charge in [0.1, 0.15) is 11.6 Å². The standard InChI is InChI=1S/C14H16BrN3O/c15-10-1-2-13-11(9-10)12(4-8-19-13)16-5-3-14-17-6-7-18-14/h1-2,6-7,9,12,16H,3-5,8H2,(H,17,18). The normalized spacial score (nSPS) is 17.8. The highest BCUT2D eigenvalue weighted by atomic mass is 79.9. The maximum atomic E-state index is 5.68. The molecule has 1 aliphatic heterocycles. The number of nitrogens with zero attached hydrogens (tertiary/aromatic N) is 1. The molecule has 1 unspecified atom stereocenters. The topological polar surface area (TPSA) is 49.9 Å². The fraction of sp³-hybridized carbons (Fsp3) is 0.357. The Kier molecular flexibility index (Phi) is 3.84. The number of imidazole rings is 1. The third-order valence-corrected chi connectivity index (χ3v) is 3.81. The van der Waals surface area contributed by atoms with Gasteiger partial charge in [0.15, 0.2) is 0 Å². The highest BCUT2D eigenvalue weighted by Gasteiger charge is 2.20. The SMILES string of the molecule is Brc1ccc2c(c1)C(NCCc1ncc[nH]1)CCO2. The van der Waals surface area contributed by atoms with Gasteiger partial charge in [0.25, 0.3) is 0 Å². The fourth-order valence-electron chi connectivity index (χ4n) is 2.38. The highest BCUT2D eigenvalue weighted by Crippen LogP contribution is 2.33. The van der Waals surface area contributed by atoms with E-state index in [0.717, 1.165) is 42.0 Å². The van der Waals surface area contributed by atoms with Gasteiger partial charge in [0, 0.05) is 47.9 Å². The van der Waals surface area contributed by atoms with E-state index in [4.69, 9.17) is 4.74 Å². The first kappa shape index (κ1) is 12.7. The smallest absolute Gasteiger partial charge is 0.124 e. The Morgan fingerprint density at radius 2 is 2.42 bits per heavy atom. The first-order valence-corrected chi connectivity index (χ1v) is 7.26. The van der Waals surface area contributed by atoms with Crippen molar-refractivity contribution in [2.45, 2.75) is 18.9 Å². The predicted octanol–water partition coefficient (Wildman–Crippen LogP) is 2.83. The largest absolute Gasteiger partial charge is 0.493 e. The zero-order chi connectivity index (χ0) is 13.1. The number of halogens is 1. The quantitative estimate of drug-likeness (QED) is 0.910. The van der Waals surface area contributed by atoms with Crippen LogP contribution in [0.2, 0.25) is 0 Å². The number of aromatic amines is 1. The maximum absolute atomic E-state index is 5.68. The molecule has 1 aromatic carbocycles. The van der Waals surface area contributed by atoms with Crippen molar-refractivity contribution in [3.63, 3.8) is 0 Å². The number of rotatable bonds is 4. The number of fused-ring (bicyclic) bond motifs is 1. The molecule has 1 aliphatic rings. The molecule has 0 amide bonds. The minimum atomic E-state index is 0.358. The molecular weight excluding hydrogens is 306 g/mol. The molecule has 0 aliphatic carbocycles. The molecule has 0 saturated heterocycles. The Morgan fingerprint density at radius 1 is 1.47 bits per heavy atom. The Morgan fingerprint density at radius 3 is 3.26 bits per heavy atom. The van der Waals surface area contributed by atoms with Gasteiger partial charge < -0.3 is 15.0 Å². The summed E-state index contributed by atoms with van der Waals surface area (Å²) >= 11 is 3.52. The van der Waals surface area contributed by atoms with E-state index in [-0.39, 0.29) is 0 Å². The summed E-state index contributed by atoms with van der Waals surface area (Å²) in [6, 6.07) is 6.54. The van der Waals surface area contributed by atoms with Crippen LogP contribution in [0.4, 0.5) is 0 Å². The average Bonchev–Trinajstić information content (AvgIpc) is 2.92. The van der Waals surface area contributed by atoms with Crippen LogP contribution in [0.5, 0.6) is 5.75 Å². The Bertz CT molecular complexity index is 542. The summed E-state index contributed by atoms with van der Waals surface area (Å²) in [5.74, 6) is 2.01. The Labute approximate surface area is 120 Å². The van der Waals surface area contributed by atoms with Crippen LogP contribution < -0.4 is 10.1 Å². The van der Waals surface area contributed by atoms with Crippen molar-refractivity contribution >= 4 is 15.9 Å². The zero-order valence-corrected chi connectivity index (χ0v) is 12.1. The molecule has 5 heteroatoms. The van der Waals surface area contributed by atoms with Crippen molar-refractivity contribution in [3.8, 4) is 5.75 Å². The van der Waals surface area contributed by atoms with Crippen LogP contribution in [0.1, 0.15) is 23.9 Å². The van der Waals surface area contributed by atoms with Crippen LogP contribution in [0.3, 0.4) is 0 Å². The number of aromatic nitrogens is 2. The predicted molar refractivity (Wildman–Crippen MR) is 77.3 cm³/mol. The van der Waals surface area contributed by atoms with Gasteiger partial charge in [-0.05, 0) is 18.2 Å². The Hall–Kier alpha value is -1.33. The first-order valence-electron chi connectivity index (χ1n) is 6.47. The lowest BCUT2D eigenvalue weighted by Crippen LogP contribution is -2.28. The van der Waals surface area contributed by atoms with Crippen molar-refractivity contribution in [1.82, 2.24) is 15.3 Å². The molecule has 2 aromatic rings. The molecule has 1 atom stereocenters. The van der Waals surface area contributed by atoms with Crippen molar-refractivity contribution in [1.29, 1.82) is 0 Å². The molecule has 2 heterocycles. The number of ether oxygens (including phenoxy) is 1. The van der Waals surface area contributed by atoms with Crippen molar-refractivity contribution < 1.29 is 4.74 Å². The van der Waals surface area contributed by atoms with Crippen LogP contribution >= 0.6 is 15.9 Å². The maximum Gasteiger partial charge on any atom is 0.124 e. The van der Waals surface area contributed by atoms with Crippen LogP contribution in [0, 0.1) is 0 Å². The third-order valence-electron chi connectivity index (χ3n) is 3.32. The van der Waals surface area contributed by atoms with Crippen molar-refractivity contribution in [2.24, 2.45) is 0 Å². The fourth-order valence-corrected chi connectivity index (χ4v) is 2.76. The van der Waals surface area contributed by atoms with Crippen LogP contribution in [-0.2, 0) is 6.42 Å². The lowest BCUT2D eigenvalue weighted by molar-refractivity contribution is 0.253. The molecular formula is C14H16BrN3O. The van der Waals surface area contributed by atoms with E-state index in [1.165, 1.54) is 5.56 Å². The third kappa shape index (κ3) is 2.98. The lowest BCUT2D eigenvalue weighted by Gasteiger charge is -2.27. The Balaban J connectivity index is 1.64. The molecule has 0 fully saturated rings. The molecule has 100 valence electrons. The first-order chi connectivity index (χ1) is 9.33. The van der Waals surface area contributed by atoms with E-state index >= 15 is 0 Å². The molecule has 1 aromatic heterocycles. The lowest BCUT2D eigenvalue weighted by atomic mass is 10.0. The minimum Gasteiger partial charge on any atom is -0.493 e. The van der Waals surface area contributed by atoms with E-state index in [9.17, 15) is 0 Å². The van der Waals surface area contributed by atoms with E-state index in [0.29, 0.717) is 6.04 Å². The molecule has 0 bridgehead atoms. The zero-order valence-electron chi connectivity index (χ0n) is 10.5. The van der Waals surface area contributed by atoms with Crippen LogP contribution in [-0.4, -0.2) is 23.1 Å². The molecule has 2 N–H and O–H groups in total. The molecule has 4 nitrogen and oxygen atoms in total. The summed E-state index contributed by atoms with van der Waals surface area (Å²) < 4.78 is 6.77. The monoisotopic (exact) mass is 321 g/mol. The summed E-state index contributed by atoms with van der Waals surface area (Å²) in [6.45, 7) is 1.68.